The smallest absolute Gasteiger partial charge is 0.337 e. The fourth-order valence-corrected chi connectivity index (χ4v) is 3.39. The zero-order valence-electron chi connectivity index (χ0n) is 15.1. The van der Waals surface area contributed by atoms with Crippen molar-refractivity contribution in [3.8, 4) is 0 Å². The van der Waals surface area contributed by atoms with Gasteiger partial charge >= 0.3 is 5.97 Å². The van der Waals surface area contributed by atoms with Gasteiger partial charge in [0.25, 0.3) is 5.91 Å². The number of nitrogens with one attached hydrogen (secondary N) is 1. The van der Waals surface area contributed by atoms with Crippen molar-refractivity contribution in [1.29, 1.82) is 0 Å². The minimum absolute atomic E-state index is 0.0609. The molecule has 2 aromatic carbocycles. The number of aromatic carboxylic acids is 1. The van der Waals surface area contributed by atoms with Crippen LogP contribution in [0, 0.1) is 0 Å². The largest absolute Gasteiger partial charge is 0.478 e. The van der Waals surface area contributed by atoms with Crippen LogP contribution in [0.4, 0.5) is 11.4 Å². The Hall–Kier alpha value is -2.57. The molecule has 0 aromatic heterocycles. The number of amides is 1. The number of carbonyl (C=O) groups is 2. The van der Waals surface area contributed by atoms with Crippen molar-refractivity contribution in [2.75, 3.05) is 42.9 Å². The molecule has 1 aliphatic heterocycles. The Morgan fingerprint density at radius 1 is 1.07 bits per heavy atom. The van der Waals surface area contributed by atoms with Gasteiger partial charge < -0.3 is 20.2 Å². The van der Waals surface area contributed by atoms with Crippen molar-refractivity contribution < 1.29 is 14.7 Å². The lowest BCUT2D eigenvalue weighted by Gasteiger charge is -2.35. The number of anilines is 2. The van der Waals surface area contributed by atoms with E-state index in [-0.39, 0.29) is 11.3 Å². The molecular weight excluding hydrogens is 366 g/mol. The van der Waals surface area contributed by atoms with E-state index in [1.54, 1.807) is 36.4 Å². The van der Waals surface area contributed by atoms with Crippen LogP contribution in [0.3, 0.4) is 0 Å². The third-order valence-corrected chi connectivity index (χ3v) is 5.11. The number of nitrogens with zero attached hydrogens (tertiary/aromatic N) is 2. The summed E-state index contributed by atoms with van der Waals surface area (Å²) in [6.45, 7) is 6.74. The van der Waals surface area contributed by atoms with E-state index in [0.29, 0.717) is 10.6 Å². The maximum atomic E-state index is 12.5. The second-order valence-electron chi connectivity index (χ2n) is 6.39. The van der Waals surface area contributed by atoms with E-state index < -0.39 is 11.9 Å². The van der Waals surface area contributed by atoms with E-state index in [9.17, 15) is 14.7 Å². The minimum Gasteiger partial charge on any atom is -0.478 e. The second-order valence-corrected chi connectivity index (χ2v) is 6.80. The molecule has 0 bridgehead atoms. The predicted octanol–water partition coefficient (Wildman–Crippen LogP) is 3.43. The van der Waals surface area contributed by atoms with Crippen molar-refractivity contribution in [2.45, 2.75) is 6.92 Å². The van der Waals surface area contributed by atoms with Crippen molar-refractivity contribution in [2.24, 2.45) is 0 Å². The molecule has 1 fully saturated rings. The van der Waals surface area contributed by atoms with Crippen LogP contribution in [0.25, 0.3) is 0 Å². The molecule has 7 heteroatoms. The van der Waals surface area contributed by atoms with Gasteiger partial charge in [0.05, 0.1) is 21.8 Å². The monoisotopic (exact) mass is 387 g/mol. The topological polar surface area (TPSA) is 72.9 Å². The molecule has 1 saturated heterocycles. The van der Waals surface area contributed by atoms with Gasteiger partial charge in [-0.15, -0.1) is 0 Å². The number of likely N-dealkylation sites (N-methyl/N-ethyl adjacent to an activating group) is 1. The molecule has 1 aliphatic rings. The maximum absolute atomic E-state index is 12.5. The first-order valence-electron chi connectivity index (χ1n) is 8.90. The Bertz CT molecular complexity index is 848. The van der Waals surface area contributed by atoms with E-state index >= 15 is 0 Å². The molecule has 0 unspecified atom stereocenters. The molecular formula is C20H22ClN3O3. The molecule has 0 spiro atoms. The lowest BCUT2D eigenvalue weighted by atomic mass is 10.1. The summed E-state index contributed by atoms with van der Waals surface area (Å²) in [7, 11) is 0. The molecule has 142 valence electrons. The van der Waals surface area contributed by atoms with Gasteiger partial charge in [0.1, 0.15) is 0 Å². The quantitative estimate of drug-likeness (QED) is 0.822. The highest BCUT2D eigenvalue weighted by Crippen LogP contribution is 2.26. The van der Waals surface area contributed by atoms with Crippen LogP contribution >= 0.6 is 11.6 Å². The van der Waals surface area contributed by atoms with Gasteiger partial charge in [-0.2, -0.15) is 0 Å². The molecule has 2 N–H and O–H groups in total. The molecule has 0 radical (unpaired) electrons. The molecule has 0 saturated carbocycles. The summed E-state index contributed by atoms with van der Waals surface area (Å²) < 4.78 is 0. The third kappa shape index (κ3) is 4.40. The van der Waals surface area contributed by atoms with Gasteiger partial charge in [0.15, 0.2) is 0 Å². The highest BCUT2D eigenvalue weighted by molar-refractivity contribution is 6.34. The standard InChI is InChI=1S/C20H22ClN3O3/c1-2-23-9-11-24(12-10-23)14-7-8-18(16(13-14)20(26)27)22-19(25)15-5-3-4-6-17(15)21/h3-8,13H,2,9-12H2,1H3,(H,22,25)(H,26,27). The van der Waals surface area contributed by atoms with Crippen molar-refractivity contribution in [3.63, 3.8) is 0 Å². The van der Waals surface area contributed by atoms with Crippen LogP contribution in [-0.2, 0) is 0 Å². The number of halogens is 1. The van der Waals surface area contributed by atoms with Gasteiger partial charge in [-0.3, -0.25) is 4.79 Å². The lowest BCUT2D eigenvalue weighted by Crippen LogP contribution is -2.46. The Balaban J connectivity index is 1.81. The highest BCUT2D eigenvalue weighted by Gasteiger charge is 2.20. The molecule has 27 heavy (non-hydrogen) atoms. The third-order valence-electron chi connectivity index (χ3n) is 4.78. The molecule has 3 rings (SSSR count). The molecule has 2 aromatic rings. The molecule has 6 nitrogen and oxygen atoms in total. The number of rotatable bonds is 5. The summed E-state index contributed by atoms with van der Waals surface area (Å²) in [6.07, 6.45) is 0. The Labute approximate surface area is 163 Å². The average Bonchev–Trinajstić information content (AvgIpc) is 2.68. The van der Waals surface area contributed by atoms with E-state index in [0.717, 1.165) is 38.4 Å². The average molecular weight is 388 g/mol. The molecule has 0 atom stereocenters. The first kappa shape index (κ1) is 19.2. The second kappa shape index (κ2) is 8.41. The normalized spacial score (nSPS) is 14.8. The Morgan fingerprint density at radius 2 is 1.78 bits per heavy atom. The van der Waals surface area contributed by atoms with E-state index in [2.05, 4.69) is 22.0 Å². The van der Waals surface area contributed by atoms with Crippen LogP contribution in [0.15, 0.2) is 42.5 Å². The van der Waals surface area contributed by atoms with E-state index in [1.165, 1.54) is 0 Å². The first-order chi connectivity index (χ1) is 13.0. The number of hydrogen-bond acceptors (Lipinski definition) is 4. The zero-order chi connectivity index (χ0) is 19.4. The summed E-state index contributed by atoms with van der Waals surface area (Å²) in [5.74, 6) is -1.52. The molecule has 1 heterocycles. The number of carbonyl (C=O) groups excluding carboxylic acids is 1. The number of hydrogen-bond donors (Lipinski definition) is 2. The number of carboxylic acid groups (broad SMARTS) is 1. The van der Waals surface area contributed by atoms with Crippen molar-refractivity contribution in [3.05, 3.63) is 58.6 Å². The zero-order valence-corrected chi connectivity index (χ0v) is 15.9. The van der Waals surface area contributed by atoms with Crippen LogP contribution in [-0.4, -0.2) is 54.6 Å². The fraction of sp³-hybridized carbons (Fsp3) is 0.300. The van der Waals surface area contributed by atoms with Crippen LogP contribution in [0.1, 0.15) is 27.6 Å². The highest BCUT2D eigenvalue weighted by atomic mass is 35.5. The van der Waals surface area contributed by atoms with Gasteiger partial charge in [-0.25, -0.2) is 4.79 Å². The summed E-state index contributed by atoms with van der Waals surface area (Å²) >= 11 is 6.05. The van der Waals surface area contributed by atoms with Crippen molar-refractivity contribution in [1.82, 2.24) is 4.90 Å². The first-order valence-corrected chi connectivity index (χ1v) is 9.28. The number of carboxylic acids is 1. The summed E-state index contributed by atoms with van der Waals surface area (Å²) in [6, 6.07) is 11.8. The molecule has 0 aliphatic carbocycles. The minimum atomic E-state index is -1.08. The van der Waals surface area contributed by atoms with Crippen LogP contribution in [0.5, 0.6) is 0 Å². The van der Waals surface area contributed by atoms with Gasteiger partial charge in [-0.05, 0) is 36.9 Å². The van der Waals surface area contributed by atoms with Crippen LogP contribution < -0.4 is 10.2 Å². The lowest BCUT2D eigenvalue weighted by molar-refractivity contribution is 0.0698. The number of piperazine rings is 1. The van der Waals surface area contributed by atoms with Gasteiger partial charge in [-0.1, -0.05) is 30.7 Å². The van der Waals surface area contributed by atoms with Crippen molar-refractivity contribution >= 4 is 34.9 Å². The predicted molar refractivity (Wildman–Crippen MR) is 107 cm³/mol. The summed E-state index contributed by atoms with van der Waals surface area (Å²) in [5.41, 5.74) is 1.46. The van der Waals surface area contributed by atoms with E-state index in [4.69, 9.17) is 11.6 Å². The molecule has 1 amide bonds. The fourth-order valence-electron chi connectivity index (χ4n) is 3.17. The maximum Gasteiger partial charge on any atom is 0.337 e. The van der Waals surface area contributed by atoms with Crippen LogP contribution in [0.2, 0.25) is 5.02 Å². The number of benzene rings is 2. The summed E-state index contributed by atoms with van der Waals surface area (Å²) in [5, 5.41) is 12.6. The van der Waals surface area contributed by atoms with E-state index in [1.807, 2.05) is 6.07 Å². The SMILES string of the molecule is CCN1CCN(c2ccc(NC(=O)c3ccccc3Cl)c(C(=O)O)c2)CC1. The Kier molecular flexibility index (Phi) is 5.98. The van der Waals surface area contributed by atoms with Gasteiger partial charge in [0, 0.05) is 31.9 Å². The summed E-state index contributed by atoms with van der Waals surface area (Å²) in [4.78, 5) is 28.7. The van der Waals surface area contributed by atoms with Gasteiger partial charge in [0.2, 0.25) is 0 Å². The Morgan fingerprint density at radius 3 is 2.41 bits per heavy atom.